The summed E-state index contributed by atoms with van der Waals surface area (Å²) in [5.74, 6) is -1.54. The number of nitro benzene ring substituents is 1. The number of hydrogen-bond acceptors (Lipinski definition) is 5. The largest absolute Gasteiger partial charge is 0.484 e. The van der Waals surface area contributed by atoms with Gasteiger partial charge in [0.15, 0.2) is 6.61 Å². The van der Waals surface area contributed by atoms with Crippen LogP contribution in [-0.4, -0.2) is 34.6 Å². The number of carboxylic acids is 1. The van der Waals surface area contributed by atoms with Crippen LogP contribution in [0.4, 0.5) is 5.69 Å². The lowest BCUT2D eigenvalue weighted by molar-refractivity contribution is -0.384. The summed E-state index contributed by atoms with van der Waals surface area (Å²) in [6.07, 6.45) is 0.931. The molecule has 0 heterocycles. The van der Waals surface area contributed by atoms with E-state index >= 15 is 0 Å². The molecule has 1 atom stereocenters. The fraction of sp³-hybridized carbons (Fsp3) is 0.385. The Hall–Kier alpha value is -2.64. The zero-order valence-electron chi connectivity index (χ0n) is 11.4. The zero-order chi connectivity index (χ0) is 15.8. The van der Waals surface area contributed by atoms with E-state index in [1.54, 1.807) is 0 Å². The summed E-state index contributed by atoms with van der Waals surface area (Å²) < 4.78 is 5.11. The maximum absolute atomic E-state index is 11.6. The van der Waals surface area contributed by atoms with Gasteiger partial charge < -0.3 is 15.2 Å². The van der Waals surface area contributed by atoms with E-state index in [-0.39, 0.29) is 11.4 Å². The number of ether oxygens (including phenoxy) is 1. The van der Waals surface area contributed by atoms with Crippen LogP contribution in [0.25, 0.3) is 0 Å². The van der Waals surface area contributed by atoms with Gasteiger partial charge in [0.2, 0.25) is 0 Å². The molecule has 0 aliphatic rings. The number of benzene rings is 1. The average molecular weight is 296 g/mol. The number of carboxylic acid groups (broad SMARTS) is 1. The second kappa shape index (κ2) is 7.83. The molecular weight excluding hydrogens is 280 g/mol. The molecule has 1 amide bonds. The van der Waals surface area contributed by atoms with E-state index in [1.165, 1.54) is 24.3 Å². The summed E-state index contributed by atoms with van der Waals surface area (Å²) in [5.41, 5.74) is -0.151. The molecule has 0 aliphatic heterocycles. The predicted molar refractivity (Wildman–Crippen MR) is 73.1 cm³/mol. The lowest BCUT2D eigenvalue weighted by atomic mass is 10.2. The number of carbonyl (C=O) groups excluding carboxylic acids is 1. The van der Waals surface area contributed by atoms with Crippen LogP contribution in [0.15, 0.2) is 24.3 Å². The van der Waals surface area contributed by atoms with E-state index in [0.29, 0.717) is 12.8 Å². The molecule has 0 spiro atoms. The Balaban J connectivity index is 2.54. The van der Waals surface area contributed by atoms with Crippen LogP contribution >= 0.6 is 0 Å². The van der Waals surface area contributed by atoms with Gasteiger partial charge in [0.25, 0.3) is 11.6 Å². The van der Waals surface area contributed by atoms with Gasteiger partial charge in [-0.3, -0.25) is 14.9 Å². The Morgan fingerprint density at radius 1 is 1.48 bits per heavy atom. The summed E-state index contributed by atoms with van der Waals surface area (Å²) in [5, 5.41) is 21.8. The van der Waals surface area contributed by atoms with Gasteiger partial charge in [0.05, 0.1) is 11.0 Å². The number of aliphatic carboxylic acids is 1. The highest BCUT2D eigenvalue weighted by Crippen LogP contribution is 2.18. The molecule has 1 aromatic carbocycles. The van der Waals surface area contributed by atoms with Crippen LogP contribution in [0.5, 0.6) is 5.75 Å². The molecule has 1 aromatic rings. The van der Waals surface area contributed by atoms with E-state index in [9.17, 15) is 19.7 Å². The third kappa shape index (κ3) is 5.47. The first kappa shape index (κ1) is 16.4. The molecule has 114 valence electrons. The number of rotatable bonds is 8. The quantitative estimate of drug-likeness (QED) is 0.552. The number of hydrogen-bond donors (Lipinski definition) is 2. The molecule has 21 heavy (non-hydrogen) atoms. The third-order valence-corrected chi connectivity index (χ3v) is 2.61. The minimum absolute atomic E-state index is 0.151. The molecule has 2 N–H and O–H groups in total. The van der Waals surface area contributed by atoms with Gasteiger partial charge in [0.1, 0.15) is 11.8 Å². The van der Waals surface area contributed by atoms with Crippen molar-refractivity contribution >= 4 is 17.6 Å². The Morgan fingerprint density at radius 3 is 2.76 bits per heavy atom. The van der Waals surface area contributed by atoms with Crippen molar-refractivity contribution in [1.82, 2.24) is 5.32 Å². The zero-order valence-corrected chi connectivity index (χ0v) is 11.4. The van der Waals surface area contributed by atoms with Crippen molar-refractivity contribution in [3.63, 3.8) is 0 Å². The maximum atomic E-state index is 11.6. The summed E-state index contributed by atoms with van der Waals surface area (Å²) in [7, 11) is 0. The van der Waals surface area contributed by atoms with Crippen LogP contribution in [-0.2, 0) is 9.59 Å². The average Bonchev–Trinajstić information content (AvgIpc) is 2.45. The second-order valence-electron chi connectivity index (χ2n) is 4.29. The Morgan fingerprint density at radius 2 is 2.19 bits per heavy atom. The smallest absolute Gasteiger partial charge is 0.326 e. The van der Waals surface area contributed by atoms with Crippen molar-refractivity contribution in [1.29, 1.82) is 0 Å². The normalized spacial score (nSPS) is 11.5. The summed E-state index contributed by atoms with van der Waals surface area (Å²) in [4.78, 5) is 32.5. The van der Waals surface area contributed by atoms with Gasteiger partial charge in [-0.1, -0.05) is 19.4 Å². The first-order chi connectivity index (χ1) is 9.93. The molecule has 0 saturated heterocycles. The predicted octanol–water partition coefficient (Wildman–Crippen LogP) is 1.34. The molecule has 1 rings (SSSR count). The molecule has 8 heteroatoms. The lowest BCUT2D eigenvalue weighted by Crippen LogP contribution is -2.42. The molecule has 0 aliphatic carbocycles. The monoisotopic (exact) mass is 296 g/mol. The topological polar surface area (TPSA) is 119 Å². The Labute approximate surface area is 120 Å². The van der Waals surface area contributed by atoms with Gasteiger partial charge in [-0.25, -0.2) is 4.79 Å². The van der Waals surface area contributed by atoms with E-state index < -0.39 is 29.4 Å². The second-order valence-corrected chi connectivity index (χ2v) is 4.29. The van der Waals surface area contributed by atoms with Gasteiger partial charge in [-0.05, 0) is 12.5 Å². The van der Waals surface area contributed by atoms with Crippen molar-refractivity contribution in [2.45, 2.75) is 25.8 Å². The molecular formula is C13H16N2O6. The molecule has 0 fully saturated rings. The van der Waals surface area contributed by atoms with Crippen molar-refractivity contribution in [3.05, 3.63) is 34.4 Å². The summed E-state index contributed by atoms with van der Waals surface area (Å²) in [6, 6.07) is 4.43. The standard InChI is InChI=1S/C13H16N2O6/c1-2-4-11(13(17)18)14-12(16)8-21-10-6-3-5-9(7-10)15(19)20/h3,5-7,11H,2,4,8H2,1H3,(H,14,16)(H,17,18)/t11-/m0/s1. The van der Waals surface area contributed by atoms with Gasteiger partial charge in [-0.2, -0.15) is 0 Å². The molecule has 0 saturated carbocycles. The molecule has 0 bridgehead atoms. The van der Waals surface area contributed by atoms with Crippen LogP contribution < -0.4 is 10.1 Å². The highest BCUT2D eigenvalue weighted by molar-refractivity contribution is 5.84. The Bertz CT molecular complexity index is 531. The summed E-state index contributed by atoms with van der Waals surface area (Å²) in [6.45, 7) is 1.40. The first-order valence-electron chi connectivity index (χ1n) is 6.33. The first-order valence-corrected chi connectivity index (χ1v) is 6.33. The highest BCUT2D eigenvalue weighted by Gasteiger charge is 2.19. The third-order valence-electron chi connectivity index (χ3n) is 2.61. The van der Waals surface area contributed by atoms with Gasteiger partial charge in [0, 0.05) is 6.07 Å². The van der Waals surface area contributed by atoms with Crippen LogP contribution in [0, 0.1) is 10.1 Å². The van der Waals surface area contributed by atoms with E-state index in [4.69, 9.17) is 9.84 Å². The van der Waals surface area contributed by atoms with Gasteiger partial charge in [-0.15, -0.1) is 0 Å². The highest BCUT2D eigenvalue weighted by atomic mass is 16.6. The van der Waals surface area contributed by atoms with Gasteiger partial charge >= 0.3 is 5.97 Å². The molecule has 8 nitrogen and oxygen atoms in total. The minimum atomic E-state index is -1.11. The minimum Gasteiger partial charge on any atom is -0.484 e. The maximum Gasteiger partial charge on any atom is 0.326 e. The lowest BCUT2D eigenvalue weighted by Gasteiger charge is -2.13. The molecule has 0 radical (unpaired) electrons. The number of non-ortho nitro benzene ring substituents is 1. The molecule has 0 aromatic heterocycles. The number of nitro groups is 1. The summed E-state index contributed by atoms with van der Waals surface area (Å²) >= 11 is 0. The number of nitrogens with one attached hydrogen (secondary N) is 1. The number of nitrogens with zero attached hydrogens (tertiary/aromatic N) is 1. The van der Waals surface area contributed by atoms with Crippen molar-refractivity contribution in [2.75, 3.05) is 6.61 Å². The van der Waals surface area contributed by atoms with Crippen molar-refractivity contribution in [3.8, 4) is 5.75 Å². The molecule has 0 unspecified atom stereocenters. The number of carbonyl (C=O) groups is 2. The van der Waals surface area contributed by atoms with Crippen LogP contribution in [0.2, 0.25) is 0 Å². The SMILES string of the molecule is CCC[C@H](NC(=O)COc1cccc([N+](=O)[O-])c1)C(=O)O. The van der Waals surface area contributed by atoms with Crippen molar-refractivity contribution in [2.24, 2.45) is 0 Å². The fourth-order valence-corrected chi connectivity index (χ4v) is 1.62. The van der Waals surface area contributed by atoms with E-state index in [1.807, 2.05) is 6.92 Å². The number of amides is 1. The van der Waals surface area contributed by atoms with E-state index in [0.717, 1.165) is 0 Å². The van der Waals surface area contributed by atoms with Crippen LogP contribution in [0.3, 0.4) is 0 Å². The fourth-order valence-electron chi connectivity index (χ4n) is 1.62. The Kier molecular flexibility index (Phi) is 6.12. The van der Waals surface area contributed by atoms with Crippen molar-refractivity contribution < 1.29 is 24.4 Å². The van der Waals surface area contributed by atoms with E-state index in [2.05, 4.69) is 5.32 Å². The van der Waals surface area contributed by atoms with Crippen LogP contribution in [0.1, 0.15) is 19.8 Å².